The monoisotopic (exact) mass is 316 g/mol. The number of carbonyl (C=O) groups excluding carboxylic acids is 1. The molecule has 116 valence electrons. The Balaban J connectivity index is 2.12. The van der Waals surface area contributed by atoms with Crippen LogP contribution in [0.2, 0.25) is 0 Å². The van der Waals surface area contributed by atoms with Crippen LogP contribution in [-0.4, -0.2) is 38.0 Å². The van der Waals surface area contributed by atoms with Gasteiger partial charge in [0.2, 0.25) is 5.09 Å². The standard InChI is InChI=1S/C12H16N2O6S/c1-13-21(18,19)10-4-3-8(20-10)11(17)14-12(5-2-6-12)7-9(15)16/h3-4,13H,2,5-7H2,1H3,(H,14,17)(H,15,16). The van der Waals surface area contributed by atoms with E-state index >= 15 is 0 Å². The molecule has 1 fully saturated rings. The fraction of sp³-hybridized carbons (Fsp3) is 0.500. The van der Waals surface area contributed by atoms with Gasteiger partial charge in [-0.25, -0.2) is 13.1 Å². The lowest BCUT2D eigenvalue weighted by Crippen LogP contribution is -2.54. The first kappa shape index (κ1) is 15.5. The van der Waals surface area contributed by atoms with Crippen LogP contribution in [0.4, 0.5) is 0 Å². The van der Waals surface area contributed by atoms with E-state index in [4.69, 9.17) is 9.52 Å². The Morgan fingerprint density at radius 3 is 2.52 bits per heavy atom. The molecule has 8 nitrogen and oxygen atoms in total. The number of carboxylic acids is 1. The number of carbonyl (C=O) groups is 2. The zero-order valence-corrected chi connectivity index (χ0v) is 12.2. The Hall–Kier alpha value is -1.87. The number of furan rings is 1. The highest BCUT2D eigenvalue weighted by atomic mass is 32.2. The summed E-state index contributed by atoms with van der Waals surface area (Å²) in [4.78, 5) is 22.9. The van der Waals surface area contributed by atoms with Crippen LogP contribution >= 0.6 is 0 Å². The SMILES string of the molecule is CNS(=O)(=O)c1ccc(C(=O)NC2(CC(=O)O)CCC2)o1. The smallest absolute Gasteiger partial charge is 0.305 e. The zero-order chi connectivity index (χ0) is 15.7. The molecule has 0 unspecified atom stereocenters. The molecule has 1 aromatic heterocycles. The number of rotatable bonds is 6. The lowest BCUT2D eigenvalue weighted by atomic mass is 9.74. The molecule has 1 heterocycles. The van der Waals surface area contributed by atoms with Crippen molar-refractivity contribution in [3.05, 3.63) is 17.9 Å². The summed E-state index contributed by atoms with van der Waals surface area (Å²) >= 11 is 0. The Kier molecular flexibility index (Phi) is 4.06. The Labute approximate surface area is 121 Å². The number of sulfonamides is 1. The average molecular weight is 316 g/mol. The first-order valence-corrected chi connectivity index (χ1v) is 7.84. The normalized spacial score (nSPS) is 17.0. The molecule has 0 atom stereocenters. The minimum absolute atomic E-state index is 0.166. The number of nitrogens with one attached hydrogen (secondary N) is 2. The number of hydrogen-bond acceptors (Lipinski definition) is 5. The molecule has 3 N–H and O–H groups in total. The van der Waals surface area contributed by atoms with Gasteiger partial charge in [0.1, 0.15) is 0 Å². The molecule has 0 radical (unpaired) electrons. The van der Waals surface area contributed by atoms with E-state index in [0.29, 0.717) is 12.8 Å². The third-order valence-electron chi connectivity index (χ3n) is 3.52. The summed E-state index contributed by atoms with van der Waals surface area (Å²) in [5.74, 6) is -1.78. The molecule has 2 rings (SSSR count). The molecular formula is C12H16N2O6S. The van der Waals surface area contributed by atoms with Crippen molar-refractivity contribution in [2.24, 2.45) is 0 Å². The fourth-order valence-corrected chi connectivity index (χ4v) is 2.88. The zero-order valence-electron chi connectivity index (χ0n) is 11.4. The topological polar surface area (TPSA) is 126 Å². The lowest BCUT2D eigenvalue weighted by molar-refractivity contribution is -0.139. The van der Waals surface area contributed by atoms with E-state index in [1.54, 1.807) is 0 Å². The molecule has 1 aliphatic rings. The molecule has 0 saturated heterocycles. The first-order chi connectivity index (χ1) is 9.78. The minimum atomic E-state index is -3.76. The lowest BCUT2D eigenvalue weighted by Gasteiger charge is -2.41. The highest BCUT2D eigenvalue weighted by molar-refractivity contribution is 7.89. The van der Waals surface area contributed by atoms with Crippen molar-refractivity contribution in [3.8, 4) is 0 Å². The van der Waals surface area contributed by atoms with Crippen LogP contribution < -0.4 is 10.0 Å². The summed E-state index contributed by atoms with van der Waals surface area (Å²) in [5.41, 5.74) is -0.766. The highest BCUT2D eigenvalue weighted by Crippen LogP contribution is 2.35. The minimum Gasteiger partial charge on any atom is -0.481 e. The van der Waals surface area contributed by atoms with Crippen LogP contribution in [0.1, 0.15) is 36.2 Å². The van der Waals surface area contributed by atoms with Gasteiger partial charge in [-0.1, -0.05) is 0 Å². The number of amides is 1. The van der Waals surface area contributed by atoms with Gasteiger partial charge in [-0.05, 0) is 38.4 Å². The highest BCUT2D eigenvalue weighted by Gasteiger charge is 2.41. The second-order valence-corrected chi connectivity index (χ2v) is 6.80. The van der Waals surface area contributed by atoms with Crippen LogP contribution in [0.3, 0.4) is 0 Å². The summed E-state index contributed by atoms with van der Waals surface area (Å²) in [7, 11) is -2.53. The van der Waals surface area contributed by atoms with E-state index in [1.165, 1.54) is 19.2 Å². The molecule has 21 heavy (non-hydrogen) atoms. The van der Waals surface area contributed by atoms with E-state index in [0.717, 1.165) is 6.42 Å². The molecular weight excluding hydrogens is 300 g/mol. The predicted octanol–water partition coefficient (Wildman–Crippen LogP) is 0.315. The van der Waals surface area contributed by atoms with E-state index < -0.39 is 27.4 Å². The van der Waals surface area contributed by atoms with E-state index in [1.807, 2.05) is 0 Å². The summed E-state index contributed by atoms with van der Waals surface area (Å²) in [6.45, 7) is 0. The summed E-state index contributed by atoms with van der Waals surface area (Å²) in [6.07, 6.45) is 1.83. The molecule has 1 saturated carbocycles. The van der Waals surface area contributed by atoms with Gasteiger partial charge < -0.3 is 14.8 Å². The maximum absolute atomic E-state index is 12.1. The molecule has 1 aliphatic carbocycles. The summed E-state index contributed by atoms with van der Waals surface area (Å²) < 4.78 is 30.1. The quantitative estimate of drug-likeness (QED) is 0.693. The Bertz CT molecular complexity index is 659. The maximum atomic E-state index is 12.1. The molecule has 1 aromatic rings. The Morgan fingerprint density at radius 2 is 2.05 bits per heavy atom. The Morgan fingerprint density at radius 1 is 1.38 bits per heavy atom. The molecule has 0 bridgehead atoms. The van der Waals surface area contributed by atoms with E-state index in [-0.39, 0.29) is 17.3 Å². The maximum Gasteiger partial charge on any atom is 0.305 e. The van der Waals surface area contributed by atoms with Gasteiger partial charge in [-0.2, -0.15) is 0 Å². The van der Waals surface area contributed by atoms with Crippen molar-refractivity contribution in [2.45, 2.75) is 36.3 Å². The van der Waals surface area contributed by atoms with Crippen LogP contribution in [-0.2, 0) is 14.8 Å². The van der Waals surface area contributed by atoms with E-state index in [9.17, 15) is 18.0 Å². The third kappa shape index (κ3) is 3.24. The second kappa shape index (κ2) is 5.49. The molecule has 0 spiro atoms. The van der Waals surface area contributed by atoms with Gasteiger partial charge in [0, 0.05) is 0 Å². The summed E-state index contributed by atoms with van der Waals surface area (Å²) in [5, 5.41) is 11.1. The van der Waals surface area contributed by atoms with Gasteiger partial charge in [0.25, 0.3) is 15.9 Å². The summed E-state index contributed by atoms with van der Waals surface area (Å²) in [6, 6.07) is 2.41. The van der Waals surface area contributed by atoms with Crippen LogP contribution in [0.5, 0.6) is 0 Å². The number of aliphatic carboxylic acids is 1. The first-order valence-electron chi connectivity index (χ1n) is 6.36. The van der Waals surface area contributed by atoms with Crippen molar-refractivity contribution in [3.63, 3.8) is 0 Å². The van der Waals surface area contributed by atoms with Crippen LogP contribution in [0.15, 0.2) is 21.6 Å². The van der Waals surface area contributed by atoms with Crippen molar-refractivity contribution < 1.29 is 27.5 Å². The van der Waals surface area contributed by atoms with Crippen molar-refractivity contribution in [1.82, 2.24) is 10.0 Å². The predicted molar refractivity (Wildman–Crippen MR) is 71.3 cm³/mol. The average Bonchev–Trinajstić information content (AvgIpc) is 2.85. The fourth-order valence-electron chi connectivity index (χ4n) is 2.23. The third-order valence-corrected chi connectivity index (χ3v) is 4.80. The van der Waals surface area contributed by atoms with Gasteiger partial charge in [0.15, 0.2) is 5.76 Å². The number of carboxylic acid groups (broad SMARTS) is 1. The van der Waals surface area contributed by atoms with Gasteiger partial charge in [0.05, 0.1) is 12.0 Å². The van der Waals surface area contributed by atoms with Gasteiger partial charge in [-0.3, -0.25) is 9.59 Å². The van der Waals surface area contributed by atoms with Gasteiger partial charge in [-0.15, -0.1) is 0 Å². The number of hydrogen-bond donors (Lipinski definition) is 3. The van der Waals surface area contributed by atoms with Crippen LogP contribution in [0, 0.1) is 0 Å². The second-order valence-electron chi connectivity index (χ2n) is 4.98. The molecule has 0 aliphatic heterocycles. The van der Waals surface area contributed by atoms with Crippen LogP contribution in [0.25, 0.3) is 0 Å². The molecule has 1 amide bonds. The molecule has 0 aromatic carbocycles. The van der Waals surface area contributed by atoms with Crippen molar-refractivity contribution in [2.75, 3.05) is 7.05 Å². The molecule has 9 heteroatoms. The van der Waals surface area contributed by atoms with Crippen molar-refractivity contribution >= 4 is 21.9 Å². The van der Waals surface area contributed by atoms with Crippen molar-refractivity contribution in [1.29, 1.82) is 0 Å². The van der Waals surface area contributed by atoms with E-state index in [2.05, 4.69) is 10.0 Å². The largest absolute Gasteiger partial charge is 0.481 e. The van der Waals surface area contributed by atoms with Gasteiger partial charge >= 0.3 is 5.97 Å².